The molecule has 9 aromatic carbocycles. The van der Waals surface area contributed by atoms with E-state index in [2.05, 4.69) is 174 Å². The number of para-hydroxylation sites is 2. The second-order valence-electron chi connectivity index (χ2n) is 14.4. The van der Waals surface area contributed by atoms with Crippen molar-refractivity contribution in [2.24, 2.45) is 0 Å². The number of nitrogens with zero attached hydrogens (tertiary/aromatic N) is 4. The zero-order valence-corrected chi connectivity index (χ0v) is 30.0. The van der Waals surface area contributed by atoms with Crippen molar-refractivity contribution in [3.8, 4) is 39.9 Å². The normalized spacial score (nSPS) is 11.9. The van der Waals surface area contributed by atoms with Gasteiger partial charge in [-0.15, -0.1) is 0 Å². The van der Waals surface area contributed by atoms with Gasteiger partial charge >= 0.3 is 0 Å². The fourth-order valence-electron chi connectivity index (χ4n) is 8.56. The maximum absolute atomic E-state index is 6.70. The van der Waals surface area contributed by atoms with Crippen LogP contribution in [0.1, 0.15) is 0 Å². The van der Waals surface area contributed by atoms with Crippen LogP contribution in [0.15, 0.2) is 186 Å². The van der Waals surface area contributed by atoms with Crippen LogP contribution in [0.4, 0.5) is 0 Å². The number of hydrogen-bond acceptors (Lipinski definition) is 4. The Morgan fingerprint density at radius 2 is 0.982 bits per heavy atom. The molecule has 0 amide bonds. The molecule has 3 heterocycles. The van der Waals surface area contributed by atoms with E-state index in [1.165, 1.54) is 26.9 Å². The predicted molar refractivity (Wildman–Crippen MR) is 230 cm³/mol. The van der Waals surface area contributed by atoms with E-state index in [-0.39, 0.29) is 0 Å². The third-order valence-corrected chi connectivity index (χ3v) is 11.2. The van der Waals surface area contributed by atoms with Gasteiger partial charge in [-0.1, -0.05) is 140 Å². The van der Waals surface area contributed by atoms with Crippen LogP contribution in [-0.4, -0.2) is 19.5 Å². The fourth-order valence-corrected chi connectivity index (χ4v) is 8.56. The predicted octanol–water partition coefficient (Wildman–Crippen LogP) is 13.3. The molecule has 12 rings (SSSR count). The largest absolute Gasteiger partial charge is 0.456 e. The SMILES string of the molecule is c1ccc2cc(-c3nc(-c4cc(-n5c6ccccc6c6cc7ccccc7cc65)c5c(c4)oc4ccccc45)nc(-c4cccc5ccccc45)n3)ccc2c1. The molecule has 0 aliphatic carbocycles. The van der Waals surface area contributed by atoms with E-state index >= 15 is 0 Å². The summed E-state index contributed by atoms with van der Waals surface area (Å²) >= 11 is 0. The monoisotopic (exact) mass is 714 g/mol. The molecule has 0 saturated carbocycles. The second-order valence-corrected chi connectivity index (χ2v) is 14.4. The first-order valence-corrected chi connectivity index (χ1v) is 18.8. The second kappa shape index (κ2) is 11.9. The van der Waals surface area contributed by atoms with Gasteiger partial charge in [0.15, 0.2) is 17.5 Å². The Morgan fingerprint density at radius 1 is 0.357 bits per heavy atom. The molecule has 56 heavy (non-hydrogen) atoms. The maximum atomic E-state index is 6.70. The molecule has 0 unspecified atom stereocenters. The Hall–Kier alpha value is -7.63. The Labute approximate surface area is 320 Å². The molecule has 3 aromatic heterocycles. The van der Waals surface area contributed by atoms with Gasteiger partial charge in [0, 0.05) is 32.8 Å². The van der Waals surface area contributed by atoms with Crippen molar-refractivity contribution in [3.63, 3.8) is 0 Å². The third kappa shape index (κ3) is 4.71. The summed E-state index contributed by atoms with van der Waals surface area (Å²) in [5.41, 5.74) is 7.55. The van der Waals surface area contributed by atoms with Crippen LogP contribution in [-0.2, 0) is 0 Å². The fraction of sp³-hybridized carbons (Fsp3) is 0. The summed E-state index contributed by atoms with van der Waals surface area (Å²) in [7, 11) is 0. The summed E-state index contributed by atoms with van der Waals surface area (Å²) in [6.07, 6.45) is 0. The van der Waals surface area contributed by atoms with Crippen molar-refractivity contribution < 1.29 is 4.42 Å². The summed E-state index contributed by atoms with van der Waals surface area (Å²) < 4.78 is 9.09. The zero-order valence-electron chi connectivity index (χ0n) is 30.0. The van der Waals surface area contributed by atoms with Crippen molar-refractivity contribution in [2.75, 3.05) is 0 Å². The molecule has 0 spiro atoms. The van der Waals surface area contributed by atoms with Gasteiger partial charge in [-0.25, -0.2) is 15.0 Å². The Bertz CT molecular complexity index is 3550. The lowest BCUT2D eigenvalue weighted by Crippen LogP contribution is -2.02. The molecule has 0 aliphatic heterocycles. The quantitative estimate of drug-likeness (QED) is 0.182. The van der Waals surface area contributed by atoms with Gasteiger partial charge in [0.25, 0.3) is 0 Å². The molecule has 0 aliphatic rings. The van der Waals surface area contributed by atoms with Gasteiger partial charge in [-0.2, -0.15) is 0 Å². The zero-order chi connectivity index (χ0) is 36.7. The minimum Gasteiger partial charge on any atom is -0.456 e. The van der Waals surface area contributed by atoms with E-state index in [4.69, 9.17) is 19.4 Å². The van der Waals surface area contributed by atoms with Gasteiger partial charge in [0.2, 0.25) is 0 Å². The van der Waals surface area contributed by atoms with E-state index in [0.717, 1.165) is 71.5 Å². The third-order valence-electron chi connectivity index (χ3n) is 11.2. The van der Waals surface area contributed by atoms with E-state index in [0.29, 0.717) is 17.5 Å². The molecular formula is C51H30N4O. The van der Waals surface area contributed by atoms with E-state index in [9.17, 15) is 0 Å². The van der Waals surface area contributed by atoms with Crippen molar-refractivity contribution >= 4 is 76.1 Å². The van der Waals surface area contributed by atoms with Crippen LogP contribution >= 0.6 is 0 Å². The molecule has 0 saturated heterocycles. The number of aromatic nitrogens is 4. The van der Waals surface area contributed by atoms with Crippen molar-refractivity contribution in [1.82, 2.24) is 19.5 Å². The van der Waals surface area contributed by atoms with Crippen molar-refractivity contribution in [1.29, 1.82) is 0 Å². The van der Waals surface area contributed by atoms with Gasteiger partial charge in [-0.05, 0) is 74.8 Å². The highest BCUT2D eigenvalue weighted by Crippen LogP contribution is 2.42. The molecule has 0 atom stereocenters. The first-order chi connectivity index (χ1) is 27.7. The number of fused-ring (bicyclic) bond motifs is 9. The van der Waals surface area contributed by atoms with Gasteiger partial charge in [0.1, 0.15) is 11.2 Å². The molecular weight excluding hydrogens is 685 g/mol. The molecule has 260 valence electrons. The van der Waals surface area contributed by atoms with E-state index in [1.54, 1.807) is 0 Å². The van der Waals surface area contributed by atoms with Crippen LogP contribution in [0.5, 0.6) is 0 Å². The Balaban J connectivity index is 1.18. The molecule has 5 nitrogen and oxygen atoms in total. The standard InChI is InChI=1S/C51H30N4O/c1-2-14-33-26-36(25-24-31(33)12-1)49-52-50(54-51(53-49)40-21-11-17-32-13-5-6-18-38(32)40)37-29-45(48-41-20-8-10-23-46(41)56-47(48)30-37)55-43-22-9-7-19-39(43)42-27-34-15-3-4-16-35(34)28-44(42)55/h1-30H. The van der Waals surface area contributed by atoms with Crippen LogP contribution in [0.2, 0.25) is 0 Å². The highest BCUT2D eigenvalue weighted by molar-refractivity contribution is 6.17. The topological polar surface area (TPSA) is 56.7 Å². The van der Waals surface area contributed by atoms with Crippen LogP contribution < -0.4 is 0 Å². The average Bonchev–Trinajstić information content (AvgIpc) is 3.80. The first kappa shape index (κ1) is 30.8. The molecule has 0 radical (unpaired) electrons. The van der Waals surface area contributed by atoms with E-state index in [1.807, 2.05) is 12.1 Å². The molecule has 0 bridgehead atoms. The number of furan rings is 1. The minimum absolute atomic E-state index is 0.570. The highest BCUT2D eigenvalue weighted by atomic mass is 16.3. The Morgan fingerprint density at radius 3 is 1.82 bits per heavy atom. The lowest BCUT2D eigenvalue weighted by atomic mass is 10.0. The lowest BCUT2D eigenvalue weighted by Gasteiger charge is -2.14. The van der Waals surface area contributed by atoms with Crippen LogP contribution in [0.25, 0.3) is 116 Å². The lowest BCUT2D eigenvalue weighted by molar-refractivity contribution is 0.669. The van der Waals surface area contributed by atoms with Gasteiger partial charge < -0.3 is 8.98 Å². The molecule has 12 aromatic rings. The number of benzene rings is 9. The maximum Gasteiger partial charge on any atom is 0.164 e. The summed E-state index contributed by atoms with van der Waals surface area (Å²) in [6, 6.07) is 63.9. The number of hydrogen-bond donors (Lipinski definition) is 0. The first-order valence-electron chi connectivity index (χ1n) is 18.8. The summed E-state index contributed by atoms with van der Waals surface area (Å²) in [5.74, 6) is 1.80. The summed E-state index contributed by atoms with van der Waals surface area (Å²) in [5, 5.41) is 11.4. The minimum atomic E-state index is 0.570. The van der Waals surface area contributed by atoms with Gasteiger partial charge in [-0.3, -0.25) is 0 Å². The molecule has 5 heteroatoms. The summed E-state index contributed by atoms with van der Waals surface area (Å²) in [6.45, 7) is 0. The van der Waals surface area contributed by atoms with Gasteiger partial charge in [0.05, 0.1) is 22.1 Å². The summed E-state index contributed by atoms with van der Waals surface area (Å²) in [4.78, 5) is 15.7. The van der Waals surface area contributed by atoms with Crippen molar-refractivity contribution in [3.05, 3.63) is 182 Å². The number of rotatable bonds is 4. The van der Waals surface area contributed by atoms with Crippen molar-refractivity contribution in [2.45, 2.75) is 0 Å². The molecule has 0 N–H and O–H groups in total. The average molecular weight is 715 g/mol. The van der Waals surface area contributed by atoms with Crippen LogP contribution in [0.3, 0.4) is 0 Å². The van der Waals surface area contributed by atoms with E-state index < -0.39 is 0 Å². The Kier molecular flexibility index (Phi) is 6.56. The highest BCUT2D eigenvalue weighted by Gasteiger charge is 2.22. The smallest absolute Gasteiger partial charge is 0.164 e. The molecule has 0 fully saturated rings. The van der Waals surface area contributed by atoms with Crippen LogP contribution in [0, 0.1) is 0 Å².